The molecule has 0 bridgehead atoms. The summed E-state index contributed by atoms with van der Waals surface area (Å²) in [5.74, 6) is 0.838. The number of aromatic amines is 1. The van der Waals surface area contributed by atoms with E-state index in [2.05, 4.69) is 20.5 Å². The van der Waals surface area contributed by atoms with Gasteiger partial charge >= 0.3 is 0 Å². The molecule has 3 rings (SSSR count). The molecule has 0 saturated heterocycles. The van der Waals surface area contributed by atoms with Gasteiger partial charge in [0.1, 0.15) is 0 Å². The van der Waals surface area contributed by atoms with Gasteiger partial charge in [-0.2, -0.15) is 0 Å². The van der Waals surface area contributed by atoms with Gasteiger partial charge < -0.3 is 5.32 Å². The first-order valence-corrected chi connectivity index (χ1v) is 8.91. The van der Waals surface area contributed by atoms with Crippen molar-refractivity contribution >= 4 is 29.0 Å². The van der Waals surface area contributed by atoms with Crippen LogP contribution in [-0.4, -0.2) is 32.4 Å². The zero-order valence-corrected chi connectivity index (χ0v) is 13.5. The van der Waals surface area contributed by atoms with Crippen LogP contribution < -0.4 is 5.32 Å². The Kier molecular flexibility index (Phi) is 4.60. The van der Waals surface area contributed by atoms with Crippen molar-refractivity contribution in [3.8, 4) is 10.7 Å². The lowest BCUT2D eigenvalue weighted by Gasteiger charge is -2.15. The molecule has 112 valence electrons. The highest BCUT2D eigenvalue weighted by atomic mass is 32.2. The lowest BCUT2D eigenvalue weighted by Crippen LogP contribution is -2.37. The third-order valence-electron chi connectivity index (χ3n) is 3.57. The summed E-state index contributed by atoms with van der Waals surface area (Å²) in [7, 11) is 0. The number of rotatable bonds is 5. The first-order valence-electron chi connectivity index (χ1n) is 7.15. The van der Waals surface area contributed by atoms with Crippen molar-refractivity contribution in [3.05, 3.63) is 17.5 Å². The number of thioether (sulfide) groups is 1. The molecule has 0 radical (unpaired) electrons. The third kappa shape index (κ3) is 3.65. The van der Waals surface area contributed by atoms with Gasteiger partial charge in [0.2, 0.25) is 11.1 Å². The molecule has 1 aliphatic rings. The van der Waals surface area contributed by atoms with Gasteiger partial charge in [-0.1, -0.05) is 30.7 Å². The van der Waals surface area contributed by atoms with E-state index in [0.717, 1.165) is 23.5 Å². The number of thiophene rings is 1. The average Bonchev–Trinajstić information content (AvgIpc) is 3.20. The van der Waals surface area contributed by atoms with Crippen LogP contribution in [0.5, 0.6) is 0 Å². The molecule has 7 heteroatoms. The van der Waals surface area contributed by atoms with Crippen LogP contribution in [0.15, 0.2) is 22.7 Å². The number of carbonyl (C=O) groups is 1. The van der Waals surface area contributed by atoms with E-state index in [4.69, 9.17) is 0 Å². The molecular weight excluding hydrogens is 304 g/mol. The lowest BCUT2D eigenvalue weighted by molar-refractivity contribution is -0.120. The summed E-state index contributed by atoms with van der Waals surface area (Å²) in [6.45, 7) is 1.90. The number of carbonyl (C=O) groups excluding carboxylic acids is 1. The van der Waals surface area contributed by atoms with Gasteiger partial charge in [0.15, 0.2) is 5.82 Å². The van der Waals surface area contributed by atoms with E-state index in [0.29, 0.717) is 11.2 Å². The van der Waals surface area contributed by atoms with Crippen LogP contribution in [0.4, 0.5) is 0 Å². The quantitative estimate of drug-likeness (QED) is 0.830. The first kappa shape index (κ1) is 14.6. The molecule has 1 aliphatic carbocycles. The lowest BCUT2D eigenvalue weighted by atomic mass is 10.2. The van der Waals surface area contributed by atoms with Gasteiger partial charge in [0, 0.05) is 6.04 Å². The second-order valence-electron chi connectivity index (χ2n) is 5.19. The maximum absolute atomic E-state index is 12.1. The maximum Gasteiger partial charge on any atom is 0.233 e. The molecule has 1 amide bonds. The fraction of sp³-hybridized carbons (Fsp3) is 0.500. The smallest absolute Gasteiger partial charge is 0.233 e. The summed E-state index contributed by atoms with van der Waals surface area (Å²) < 4.78 is 0. The Bertz CT molecular complexity index is 590. The summed E-state index contributed by atoms with van der Waals surface area (Å²) in [5, 5.41) is 12.6. The van der Waals surface area contributed by atoms with Gasteiger partial charge in [0.25, 0.3) is 0 Å². The molecule has 1 atom stereocenters. The predicted molar refractivity (Wildman–Crippen MR) is 85.4 cm³/mol. The van der Waals surface area contributed by atoms with Crippen LogP contribution in [0.3, 0.4) is 0 Å². The van der Waals surface area contributed by atoms with Crippen molar-refractivity contribution in [1.29, 1.82) is 0 Å². The van der Waals surface area contributed by atoms with Crippen molar-refractivity contribution in [2.75, 3.05) is 0 Å². The van der Waals surface area contributed by atoms with Crippen LogP contribution in [0.25, 0.3) is 10.7 Å². The van der Waals surface area contributed by atoms with Gasteiger partial charge in [-0.25, -0.2) is 4.98 Å². The normalized spacial score (nSPS) is 17.0. The number of amides is 1. The molecule has 5 nitrogen and oxygen atoms in total. The minimum absolute atomic E-state index is 0.0781. The van der Waals surface area contributed by atoms with Crippen LogP contribution in [0.1, 0.15) is 32.6 Å². The number of H-pyrrole nitrogens is 1. The maximum atomic E-state index is 12.1. The molecule has 1 fully saturated rings. The second-order valence-corrected chi connectivity index (χ2v) is 7.45. The van der Waals surface area contributed by atoms with Gasteiger partial charge in [0.05, 0.1) is 10.1 Å². The Hall–Kier alpha value is -1.34. The van der Waals surface area contributed by atoms with Gasteiger partial charge in [-0.05, 0) is 31.2 Å². The molecule has 0 unspecified atom stereocenters. The van der Waals surface area contributed by atoms with Crippen LogP contribution in [0.2, 0.25) is 0 Å². The van der Waals surface area contributed by atoms with Crippen LogP contribution in [0, 0.1) is 0 Å². The molecule has 2 heterocycles. The highest BCUT2D eigenvalue weighted by Crippen LogP contribution is 2.25. The molecule has 0 aromatic carbocycles. The molecule has 21 heavy (non-hydrogen) atoms. The number of nitrogens with one attached hydrogen (secondary N) is 2. The molecular formula is C14H18N4OS2. The largest absolute Gasteiger partial charge is 0.352 e. The average molecular weight is 322 g/mol. The molecule has 1 saturated carbocycles. The van der Waals surface area contributed by atoms with Crippen LogP contribution >= 0.6 is 23.1 Å². The van der Waals surface area contributed by atoms with Crippen molar-refractivity contribution in [3.63, 3.8) is 0 Å². The standard InChI is InChI=1S/C14H18N4OS2/c1-9(13(19)15-10-5-2-3-6-10)21-14-16-12(17-18-14)11-7-4-8-20-11/h4,7-10H,2-3,5-6H2,1H3,(H,15,19)(H,16,17,18)/t9-/m0/s1. The monoisotopic (exact) mass is 322 g/mol. The Morgan fingerprint density at radius 3 is 3.05 bits per heavy atom. The molecule has 0 aliphatic heterocycles. The van der Waals surface area contributed by atoms with E-state index < -0.39 is 0 Å². The molecule has 0 spiro atoms. The van der Waals surface area contributed by atoms with E-state index in [1.165, 1.54) is 24.6 Å². The summed E-state index contributed by atoms with van der Waals surface area (Å²) >= 11 is 3.01. The van der Waals surface area contributed by atoms with Crippen molar-refractivity contribution < 1.29 is 4.79 Å². The van der Waals surface area contributed by atoms with E-state index in [-0.39, 0.29) is 11.2 Å². The molecule has 2 N–H and O–H groups in total. The predicted octanol–water partition coefficient (Wildman–Crippen LogP) is 3.07. The minimum Gasteiger partial charge on any atom is -0.352 e. The topological polar surface area (TPSA) is 70.7 Å². The van der Waals surface area contributed by atoms with Crippen molar-refractivity contribution in [2.24, 2.45) is 0 Å². The van der Waals surface area contributed by atoms with Crippen molar-refractivity contribution in [1.82, 2.24) is 20.5 Å². The summed E-state index contributed by atoms with van der Waals surface area (Å²) in [6.07, 6.45) is 4.65. The number of aromatic nitrogens is 3. The number of hydrogen-bond acceptors (Lipinski definition) is 5. The Morgan fingerprint density at radius 1 is 1.52 bits per heavy atom. The first-order chi connectivity index (χ1) is 10.2. The highest BCUT2D eigenvalue weighted by molar-refractivity contribution is 8.00. The summed E-state index contributed by atoms with van der Waals surface area (Å²) in [4.78, 5) is 17.6. The zero-order valence-electron chi connectivity index (χ0n) is 11.8. The number of hydrogen-bond donors (Lipinski definition) is 2. The number of nitrogens with zero attached hydrogens (tertiary/aromatic N) is 2. The SMILES string of the molecule is C[C@H](Sc1n[nH]c(-c2cccs2)n1)C(=O)NC1CCCC1. The Labute approximate surface area is 131 Å². The van der Waals surface area contributed by atoms with Crippen molar-refractivity contribution in [2.45, 2.75) is 49.1 Å². The van der Waals surface area contributed by atoms with E-state index in [1.807, 2.05) is 24.4 Å². The van der Waals surface area contributed by atoms with Gasteiger partial charge in [-0.3, -0.25) is 9.89 Å². The van der Waals surface area contributed by atoms with E-state index in [9.17, 15) is 4.79 Å². The fourth-order valence-electron chi connectivity index (χ4n) is 2.42. The van der Waals surface area contributed by atoms with E-state index >= 15 is 0 Å². The third-order valence-corrected chi connectivity index (χ3v) is 5.41. The Morgan fingerprint density at radius 2 is 2.33 bits per heavy atom. The fourth-order valence-corrected chi connectivity index (χ4v) is 3.82. The molecule has 2 aromatic rings. The molecule has 2 aromatic heterocycles. The minimum atomic E-state index is -0.183. The highest BCUT2D eigenvalue weighted by Gasteiger charge is 2.22. The summed E-state index contributed by atoms with van der Waals surface area (Å²) in [5.41, 5.74) is 0. The summed E-state index contributed by atoms with van der Waals surface area (Å²) in [6, 6.07) is 4.33. The Balaban J connectivity index is 1.56. The van der Waals surface area contributed by atoms with Gasteiger partial charge in [-0.15, -0.1) is 16.4 Å². The van der Waals surface area contributed by atoms with Crippen LogP contribution in [-0.2, 0) is 4.79 Å². The zero-order chi connectivity index (χ0) is 14.7. The van der Waals surface area contributed by atoms with E-state index in [1.54, 1.807) is 11.3 Å². The second kappa shape index (κ2) is 6.62.